The average Bonchev–Trinajstić information content (AvgIpc) is 2.65. The van der Waals surface area contributed by atoms with Crippen LogP contribution < -0.4 is 0 Å². The molecular weight excluding hydrogens is 444 g/mol. The van der Waals surface area contributed by atoms with Crippen molar-refractivity contribution in [3.8, 4) is 11.3 Å². The largest absolute Gasteiger partial charge is 0.452 e. The van der Waals surface area contributed by atoms with Gasteiger partial charge in [0.15, 0.2) is 0 Å². The molecule has 1 heterocycles. The fourth-order valence-electron chi connectivity index (χ4n) is 1.94. The van der Waals surface area contributed by atoms with Gasteiger partial charge in [0.05, 0.1) is 35.5 Å². The maximum atomic E-state index is 12.8. The smallest absolute Gasteiger partial charge is 0.429 e. The number of benzene rings is 1. The fourth-order valence-corrected chi connectivity index (χ4v) is 3.27. The molecule has 0 spiro atoms. The zero-order valence-electron chi connectivity index (χ0n) is 14.2. The first-order valence-corrected chi connectivity index (χ1v) is 8.78. The summed E-state index contributed by atoms with van der Waals surface area (Å²) in [5.74, 6) is 0. The van der Waals surface area contributed by atoms with Crippen LogP contribution in [0.15, 0.2) is 35.4 Å². The molecule has 0 bridgehead atoms. The number of hydrogen-bond acceptors (Lipinski definition) is 6. The minimum Gasteiger partial charge on any atom is -0.452 e. The van der Waals surface area contributed by atoms with Gasteiger partial charge in [0.2, 0.25) is 0 Å². The molecule has 1 aromatic heterocycles. The summed E-state index contributed by atoms with van der Waals surface area (Å²) < 4.78 is 47.9. The van der Waals surface area contributed by atoms with Gasteiger partial charge >= 0.3 is 18.4 Å². The van der Waals surface area contributed by atoms with E-state index in [0.29, 0.717) is 28.0 Å². The van der Waals surface area contributed by atoms with Crippen LogP contribution in [0.4, 0.5) is 22.8 Å². The van der Waals surface area contributed by atoms with Crippen molar-refractivity contribution >= 4 is 47.3 Å². The standard InChI is InChI=1S/C16H11Cl2F3N2O4S/c1-26-14(24)23(15(25)27-2)28-12-5-8(3-4-10(12)17)13-11(18)6-9(7-22-13)16(19,20)21/h3-7H,1-2H3. The van der Waals surface area contributed by atoms with Gasteiger partial charge in [-0.15, -0.1) is 4.31 Å². The van der Waals surface area contributed by atoms with E-state index in [1.165, 1.54) is 18.2 Å². The topological polar surface area (TPSA) is 68.7 Å². The second-order valence-electron chi connectivity index (χ2n) is 5.02. The monoisotopic (exact) mass is 454 g/mol. The van der Waals surface area contributed by atoms with Crippen LogP contribution in [0.1, 0.15) is 5.56 Å². The highest BCUT2D eigenvalue weighted by atomic mass is 35.5. The third-order valence-corrected chi connectivity index (χ3v) is 4.99. The quantitative estimate of drug-likeness (QED) is 0.536. The van der Waals surface area contributed by atoms with Crippen LogP contribution in [-0.4, -0.2) is 35.7 Å². The Labute approximate surface area is 171 Å². The summed E-state index contributed by atoms with van der Waals surface area (Å²) >= 11 is 12.7. The molecule has 0 aliphatic carbocycles. The number of carbonyl (C=O) groups is 2. The van der Waals surface area contributed by atoms with Crippen molar-refractivity contribution in [2.75, 3.05) is 14.2 Å². The van der Waals surface area contributed by atoms with E-state index in [9.17, 15) is 22.8 Å². The highest BCUT2D eigenvalue weighted by molar-refractivity contribution is 7.98. The minimum atomic E-state index is -4.59. The Morgan fingerprint density at radius 2 is 1.68 bits per heavy atom. The molecule has 0 radical (unpaired) electrons. The number of nitrogens with zero attached hydrogens (tertiary/aromatic N) is 2. The van der Waals surface area contributed by atoms with Gasteiger partial charge in [0, 0.05) is 28.6 Å². The van der Waals surface area contributed by atoms with Crippen LogP contribution in [0.2, 0.25) is 10.0 Å². The predicted molar refractivity (Wildman–Crippen MR) is 97.2 cm³/mol. The number of methoxy groups -OCH3 is 2. The first kappa shape index (κ1) is 22.1. The van der Waals surface area contributed by atoms with E-state index >= 15 is 0 Å². The number of alkyl halides is 3. The molecule has 150 valence electrons. The summed E-state index contributed by atoms with van der Waals surface area (Å²) in [4.78, 5) is 27.5. The van der Waals surface area contributed by atoms with Gasteiger partial charge in [-0.25, -0.2) is 9.59 Å². The molecule has 12 heteroatoms. The van der Waals surface area contributed by atoms with E-state index < -0.39 is 23.9 Å². The van der Waals surface area contributed by atoms with Gasteiger partial charge in [0.1, 0.15) is 0 Å². The van der Waals surface area contributed by atoms with Crippen molar-refractivity contribution in [1.82, 2.24) is 9.29 Å². The summed E-state index contributed by atoms with van der Waals surface area (Å²) in [7, 11) is 2.14. The summed E-state index contributed by atoms with van der Waals surface area (Å²) in [6.45, 7) is 0. The van der Waals surface area contributed by atoms with Crippen molar-refractivity contribution < 1.29 is 32.2 Å². The number of halogens is 5. The Kier molecular flexibility index (Phi) is 7.02. The predicted octanol–water partition coefficient (Wildman–Crippen LogP) is 5.92. The average molecular weight is 455 g/mol. The van der Waals surface area contributed by atoms with Crippen LogP contribution in [0.3, 0.4) is 0 Å². The summed E-state index contributed by atoms with van der Waals surface area (Å²) in [6, 6.07) is 5.06. The van der Waals surface area contributed by atoms with E-state index in [2.05, 4.69) is 14.5 Å². The molecule has 0 atom stereocenters. The van der Waals surface area contributed by atoms with E-state index in [1.54, 1.807) is 0 Å². The molecule has 28 heavy (non-hydrogen) atoms. The van der Waals surface area contributed by atoms with Crippen LogP contribution >= 0.6 is 35.1 Å². The summed E-state index contributed by atoms with van der Waals surface area (Å²) in [5, 5.41) is -0.0690. The maximum absolute atomic E-state index is 12.8. The second kappa shape index (κ2) is 8.89. The normalized spacial score (nSPS) is 11.1. The first-order valence-electron chi connectivity index (χ1n) is 7.25. The SMILES string of the molecule is COC(=O)N(Sc1cc(-c2ncc(C(F)(F)F)cc2Cl)ccc1Cl)C(=O)OC. The summed E-state index contributed by atoms with van der Waals surface area (Å²) in [6.07, 6.45) is -5.96. The van der Waals surface area contributed by atoms with Crippen molar-refractivity contribution in [2.45, 2.75) is 11.1 Å². The molecule has 0 unspecified atom stereocenters. The Hall–Kier alpha value is -2.17. The van der Waals surface area contributed by atoms with Crippen LogP contribution in [-0.2, 0) is 15.7 Å². The number of carbonyl (C=O) groups excluding carboxylic acids is 2. The van der Waals surface area contributed by atoms with Gasteiger partial charge < -0.3 is 9.47 Å². The van der Waals surface area contributed by atoms with Crippen molar-refractivity contribution in [3.63, 3.8) is 0 Å². The lowest BCUT2D eigenvalue weighted by Crippen LogP contribution is -2.30. The lowest BCUT2D eigenvalue weighted by Gasteiger charge is -2.17. The van der Waals surface area contributed by atoms with E-state index in [1.807, 2.05) is 0 Å². The molecule has 2 amide bonds. The third-order valence-electron chi connectivity index (χ3n) is 3.24. The number of ether oxygens (including phenoxy) is 2. The minimum absolute atomic E-state index is 0.0656. The molecule has 2 aromatic rings. The molecule has 0 saturated carbocycles. The lowest BCUT2D eigenvalue weighted by molar-refractivity contribution is -0.137. The molecule has 0 fully saturated rings. The third kappa shape index (κ3) is 5.00. The van der Waals surface area contributed by atoms with Crippen LogP contribution in [0, 0.1) is 0 Å². The van der Waals surface area contributed by atoms with Gasteiger partial charge in [-0.3, -0.25) is 4.98 Å². The van der Waals surface area contributed by atoms with E-state index in [0.717, 1.165) is 20.3 Å². The van der Waals surface area contributed by atoms with Gasteiger partial charge in [-0.05, 0) is 18.2 Å². The number of rotatable bonds is 3. The number of imide groups is 1. The molecule has 2 rings (SSSR count). The van der Waals surface area contributed by atoms with Crippen molar-refractivity contribution in [1.29, 1.82) is 0 Å². The number of aromatic nitrogens is 1. The lowest BCUT2D eigenvalue weighted by atomic mass is 10.1. The maximum Gasteiger partial charge on any atom is 0.429 e. The van der Waals surface area contributed by atoms with Gasteiger partial charge in [-0.2, -0.15) is 13.2 Å². The van der Waals surface area contributed by atoms with E-state index in [4.69, 9.17) is 23.2 Å². The molecule has 0 aliphatic rings. The molecule has 0 aliphatic heterocycles. The zero-order valence-corrected chi connectivity index (χ0v) is 16.5. The number of amides is 2. The molecule has 0 saturated heterocycles. The van der Waals surface area contributed by atoms with Crippen LogP contribution in [0.25, 0.3) is 11.3 Å². The van der Waals surface area contributed by atoms with Crippen molar-refractivity contribution in [2.24, 2.45) is 0 Å². The zero-order chi connectivity index (χ0) is 21.1. The highest BCUT2D eigenvalue weighted by Crippen LogP contribution is 2.37. The number of pyridine rings is 1. The molecule has 0 N–H and O–H groups in total. The fraction of sp³-hybridized carbons (Fsp3) is 0.188. The second-order valence-corrected chi connectivity index (χ2v) is 6.83. The van der Waals surface area contributed by atoms with Gasteiger partial charge in [0.25, 0.3) is 0 Å². The van der Waals surface area contributed by atoms with Gasteiger partial charge in [-0.1, -0.05) is 29.3 Å². The van der Waals surface area contributed by atoms with E-state index in [-0.39, 0.29) is 20.6 Å². The molecule has 1 aromatic carbocycles. The number of hydrogen-bond donors (Lipinski definition) is 0. The van der Waals surface area contributed by atoms with Crippen molar-refractivity contribution in [3.05, 3.63) is 46.1 Å². The first-order chi connectivity index (χ1) is 13.1. The summed E-state index contributed by atoms with van der Waals surface area (Å²) in [5.41, 5.74) is -0.608. The van der Waals surface area contributed by atoms with Crippen LogP contribution in [0.5, 0.6) is 0 Å². The Balaban J connectivity index is 2.43. The highest BCUT2D eigenvalue weighted by Gasteiger charge is 2.32. The Morgan fingerprint density at radius 3 is 2.18 bits per heavy atom. The Bertz CT molecular complexity index is 896. The Morgan fingerprint density at radius 1 is 1.07 bits per heavy atom. The molecular formula is C16H11Cl2F3N2O4S. The molecule has 6 nitrogen and oxygen atoms in total.